The predicted octanol–water partition coefficient (Wildman–Crippen LogP) is 2.04. The number of sulfonamides is 1. The van der Waals surface area contributed by atoms with Gasteiger partial charge in [-0.3, -0.25) is 4.79 Å². The van der Waals surface area contributed by atoms with Crippen molar-refractivity contribution >= 4 is 21.6 Å². The number of likely N-dealkylation sites (N-methyl/N-ethyl adjacent to an activating group) is 1. The van der Waals surface area contributed by atoms with Gasteiger partial charge in [0.25, 0.3) is 0 Å². The number of amides is 1. The topological polar surface area (TPSA) is 93.5 Å². The Morgan fingerprint density at radius 1 is 1.22 bits per heavy atom. The van der Waals surface area contributed by atoms with Gasteiger partial charge >= 0.3 is 0 Å². The second-order valence-corrected chi connectivity index (χ2v) is 9.16. The number of nitrogens with one attached hydrogen (secondary N) is 1. The Labute approximate surface area is 161 Å². The lowest BCUT2D eigenvalue weighted by Crippen LogP contribution is -2.48. The molecule has 1 aromatic carbocycles. The number of benzene rings is 1. The molecule has 1 saturated heterocycles. The van der Waals surface area contributed by atoms with Gasteiger partial charge in [-0.05, 0) is 37.6 Å². The van der Waals surface area contributed by atoms with E-state index >= 15 is 0 Å². The number of carbonyl (C=O) groups excluding carboxylic acids is 1. The van der Waals surface area contributed by atoms with E-state index in [1.807, 2.05) is 0 Å². The van der Waals surface area contributed by atoms with E-state index in [-0.39, 0.29) is 10.8 Å². The van der Waals surface area contributed by atoms with Crippen LogP contribution in [0.25, 0.3) is 0 Å². The van der Waals surface area contributed by atoms with Crippen molar-refractivity contribution in [3.8, 4) is 6.07 Å². The average molecular weight is 391 g/mol. The lowest BCUT2D eigenvalue weighted by atomic mass is 9.87. The molecular formula is C19H26N4O3S. The SMILES string of the molecule is CCN1CCN(S(=O)(=O)c2cccc(NC(=O)C3(C#N)CCCC3)c2)CC1. The fourth-order valence-corrected chi connectivity index (χ4v) is 5.26. The van der Waals surface area contributed by atoms with Crippen LogP contribution in [0, 0.1) is 16.7 Å². The van der Waals surface area contributed by atoms with Crippen LogP contribution in [0.1, 0.15) is 32.6 Å². The molecule has 0 unspecified atom stereocenters. The molecule has 27 heavy (non-hydrogen) atoms. The molecular weight excluding hydrogens is 364 g/mol. The fraction of sp³-hybridized carbons (Fsp3) is 0.579. The maximum absolute atomic E-state index is 12.9. The van der Waals surface area contributed by atoms with Crippen LogP contribution in [0.5, 0.6) is 0 Å². The molecule has 146 valence electrons. The average Bonchev–Trinajstić information content (AvgIpc) is 3.19. The normalized spacial score (nSPS) is 20.9. The van der Waals surface area contributed by atoms with Crippen LogP contribution in [0.15, 0.2) is 29.2 Å². The smallest absolute Gasteiger partial charge is 0.244 e. The maximum Gasteiger partial charge on any atom is 0.244 e. The second-order valence-electron chi connectivity index (χ2n) is 7.22. The highest BCUT2D eigenvalue weighted by Crippen LogP contribution is 2.38. The van der Waals surface area contributed by atoms with E-state index < -0.39 is 15.4 Å². The van der Waals surface area contributed by atoms with Gasteiger partial charge in [0.1, 0.15) is 5.41 Å². The number of nitrogens with zero attached hydrogens (tertiary/aromatic N) is 3. The zero-order valence-corrected chi connectivity index (χ0v) is 16.5. The molecule has 0 atom stereocenters. The van der Waals surface area contributed by atoms with Gasteiger partial charge in [0.05, 0.1) is 11.0 Å². The molecule has 2 fully saturated rings. The number of anilines is 1. The molecule has 1 aromatic rings. The largest absolute Gasteiger partial charge is 0.325 e. The molecule has 7 nitrogen and oxygen atoms in total. The Hall–Kier alpha value is -1.95. The second kappa shape index (κ2) is 7.97. The summed E-state index contributed by atoms with van der Waals surface area (Å²) in [5, 5.41) is 12.2. The van der Waals surface area contributed by atoms with Crippen molar-refractivity contribution in [3.63, 3.8) is 0 Å². The summed E-state index contributed by atoms with van der Waals surface area (Å²) in [6, 6.07) is 8.48. The highest BCUT2D eigenvalue weighted by atomic mass is 32.2. The zero-order chi connectivity index (χ0) is 19.5. The van der Waals surface area contributed by atoms with Crippen LogP contribution >= 0.6 is 0 Å². The predicted molar refractivity (Wildman–Crippen MR) is 102 cm³/mol. The molecule has 1 N–H and O–H groups in total. The minimum atomic E-state index is -3.60. The van der Waals surface area contributed by atoms with Crippen LogP contribution in [0.4, 0.5) is 5.69 Å². The highest BCUT2D eigenvalue weighted by Gasteiger charge is 2.41. The van der Waals surface area contributed by atoms with E-state index in [4.69, 9.17) is 0 Å². The first-order valence-electron chi connectivity index (χ1n) is 9.46. The molecule has 1 aliphatic heterocycles. The Balaban J connectivity index is 1.75. The Morgan fingerprint density at radius 3 is 2.48 bits per heavy atom. The highest BCUT2D eigenvalue weighted by molar-refractivity contribution is 7.89. The van der Waals surface area contributed by atoms with Crippen molar-refractivity contribution in [1.29, 1.82) is 5.26 Å². The Bertz CT molecular complexity index is 833. The summed E-state index contributed by atoms with van der Waals surface area (Å²) in [6.45, 7) is 5.34. The van der Waals surface area contributed by atoms with Gasteiger partial charge in [-0.2, -0.15) is 9.57 Å². The van der Waals surface area contributed by atoms with Gasteiger partial charge in [-0.15, -0.1) is 0 Å². The molecule has 3 rings (SSSR count). The molecule has 2 aliphatic rings. The van der Waals surface area contributed by atoms with Gasteiger partial charge in [0.2, 0.25) is 15.9 Å². The minimum absolute atomic E-state index is 0.169. The van der Waals surface area contributed by atoms with E-state index in [2.05, 4.69) is 23.2 Å². The number of piperazine rings is 1. The number of rotatable bonds is 5. The fourth-order valence-electron chi connectivity index (χ4n) is 3.79. The third-order valence-electron chi connectivity index (χ3n) is 5.61. The molecule has 1 heterocycles. The van der Waals surface area contributed by atoms with Gasteiger partial charge in [0.15, 0.2) is 0 Å². The van der Waals surface area contributed by atoms with Crippen LogP contribution in [-0.4, -0.2) is 56.3 Å². The van der Waals surface area contributed by atoms with Crippen molar-refractivity contribution in [2.45, 2.75) is 37.5 Å². The summed E-state index contributed by atoms with van der Waals surface area (Å²) in [5.41, 5.74) is -0.583. The standard InChI is InChI=1S/C19H26N4O3S/c1-2-22-10-12-23(13-11-22)27(25,26)17-7-5-6-16(14-17)21-18(24)19(15-20)8-3-4-9-19/h5-7,14H,2-4,8-13H2,1H3,(H,21,24). The lowest BCUT2D eigenvalue weighted by Gasteiger charge is -2.33. The van der Waals surface area contributed by atoms with Gasteiger partial charge in [-0.25, -0.2) is 8.42 Å². The molecule has 0 spiro atoms. The number of nitriles is 1. The van der Waals surface area contributed by atoms with E-state index in [9.17, 15) is 18.5 Å². The molecule has 1 aliphatic carbocycles. The minimum Gasteiger partial charge on any atom is -0.325 e. The first kappa shape index (κ1) is 19.8. The van der Waals surface area contributed by atoms with E-state index in [1.165, 1.54) is 10.4 Å². The Morgan fingerprint density at radius 2 is 1.89 bits per heavy atom. The summed E-state index contributed by atoms with van der Waals surface area (Å²) >= 11 is 0. The summed E-state index contributed by atoms with van der Waals surface area (Å²) in [7, 11) is -3.60. The van der Waals surface area contributed by atoms with Crippen molar-refractivity contribution in [1.82, 2.24) is 9.21 Å². The first-order valence-corrected chi connectivity index (χ1v) is 10.9. The lowest BCUT2D eigenvalue weighted by molar-refractivity contribution is -0.122. The summed E-state index contributed by atoms with van der Waals surface area (Å²) in [6.07, 6.45) is 2.82. The van der Waals surface area contributed by atoms with Gasteiger partial charge < -0.3 is 10.2 Å². The van der Waals surface area contributed by atoms with Crippen molar-refractivity contribution in [3.05, 3.63) is 24.3 Å². The van der Waals surface area contributed by atoms with Crippen LogP contribution in [0.2, 0.25) is 0 Å². The van der Waals surface area contributed by atoms with Crippen molar-refractivity contribution in [2.75, 3.05) is 38.0 Å². The maximum atomic E-state index is 12.9. The number of hydrogen-bond acceptors (Lipinski definition) is 5. The van der Waals surface area contributed by atoms with Gasteiger partial charge in [0, 0.05) is 31.9 Å². The van der Waals surface area contributed by atoms with Crippen LogP contribution in [0.3, 0.4) is 0 Å². The summed E-state index contributed by atoms with van der Waals surface area (Å²) < 4.78 is 27.4. The summed E-state index contributed by atoms with van der Waals surface area (Å²) in [5.74, 6) is -0.339. The number of carbonyl (C=O) groups is 1. The molecule has 1 saturated carbocycles. The molecule has 1 amide bonds. The molecule has 0 radical (unpaired) electrons. The van der Waals surface area contributed by atoms with Crippen molar-refractivity contribution in [2.24, 2.45) is 5.41 Å². The van der Waals surface area contributed by atoms with Crippen molar-refractivity contribution < 1.29 is 13.2 Å². The Kier molecular flexibility index (Phi) is 5.84. The van der Waals surface area contributed by atoms with Crippen LogP contribution < -0.4 is 5.32 Å². The third-order valence-corrected chi connectivity index (χ3v) is 7.51. The van der Waals surface area contributed by atoms with E-state index in [1.54, 1.807) is 18.2 Å². The van der Waals surface area contributed by atoms with E-state index in [0.717, 1.165) is 32.5 Å². The first-order chi connectivity index (χ1) is 12.9. The molecule has 0 bridgehead atoms. The monoisotopic (exact) mass is 390 g/mol. The van der Waals surface area contributed by atoms with Crippen LogP contribution in [-0.2, 0) is 14.8 Å². The van der Waals surface area contributed by atoms with Gasteiger partial charge in [-0.1, -0.05) is 25.8 Å². The summed E-state index contributed by atoms with van der Waals surface area (Å²) in [4.78, 5) is 15.0. The number of hydrogen-bond donors (Lipinski definition) is 1. The molecule has 8 heteroatoms. The zero-order valence-electron chi connectivity index (χ0n) is 15.6. The quantitative estimate of drug-likeness (QED) is 0.830. The van der Waals surface area contributed by atoms with E-state index in [0.29, 0.717) is 31.6 Å². The third kappa shape index (κ3) is 4.00. The molecule has 0 aromatic heterocycles.